The SMILES string of the molecule is Cl.N=C(N)c1ccc(NC(=O)c2cccc(C(=O)Nc3ccc(C(=N)N)cc3)n2)cc1. The molecule has 1 aromatic heterocycles. The van der Waals surface area contributed by atoms with Crippen molar-refractivity contribution in [3.8, 4) is 0 Å². The topological polar surface area (TPSA) is 171 Å². The number of rotatable bonds is 6. The molecule has 0 saturated heterocycles. The summed E-state index contributed by atoms with van der Waals surface area (Å²) < 4.78 is 0. The van der Waals surface area contributed by atoms with Crippen LogP contribution in [0.1, 0.15) is 32.1 Å². The van der Waals surface area contributed by atoms with Gasteiger partial charge in [0.25, 0.3) is 11.8 Å². The summed E-state index contributed by atoms with van der Waals surface area (Å²) in [4.78, 5) is 29.1. The van der Waals surface area contributed by atoms with Crippen LogP contribution in [0.3, 0.4) is 0 Å². The lowest BCUT2D eigenvalue weighted by Crippen LogP contribution is -2.18. The number of aromatic nitrogens is 1. The van der Waals surface area contributed by atoms with E-state index >= 15 is 0 Å². The molecule has 0 saturated carbocycles. The number of hydrogen-bond donors (Lipinski definition) is 6. The van der Waals surface area contributed by atoms with E-state index in [1.165, 1.54) is 12.1 Å². The molecule has 0 radical (unpaired) electrons. The van der Waals surface area contributed by atoms with Crippen LogP contribution in [0.4, 0.5) is 11.4 Å². The Morgan fingerprint density at radius 2 is 1.03 bits per heavy atom. The van der Waals surface area contributed by atoms with Crippen molar-refractivity contribution in [3.05, 3.63) is 89.2 Å². The molecule has 31 heavy (non-hydrogen) atoms. The lowest BCUT2D eigenvalue weighted by Gasteiger charge is -2.08. The van der Waals surface area contributed by atoms with Gasteiger partial charge in [-0.05, 0) is 60.7 Å². The zero-order chi connectivity index (χ0) is 21.7. The maximum absolute atomic E-state index is 12.5. The molecular weight excluding hydrogens is 418 g/mol. The van der Waals surface area contributed by atoms with Crippen molar-refractivity contribution in [2.75, 3.05) is 10.6 Å². The third-order valence-corrected chi connectivity index (χ3v) is 4.12. The van der Waals surface area contributed by atoms with E-state index in [1.54, 1.807) is 54.6 Å². The van der Waals surface area contributed by atoms with Crippen molar-refractivity contribution >= 4 is 47.3 Å². The number of amidine groups is 2. The van der Waals surface area contributed by atoms with Gasteiger partial charge in [0.2, 0.25) is 0 Å². The highest BCUT2D eigenvalue weighted by Crippen LogP contribution is 2.13. The number of nitrogens with zero attached hydrogens (tertiary/aromatic N) is 1. The second kappa shape index (κ2) is 9.99. The van der Waals surface area contributed by atoms with Gasteiger partial charge in [0.05, 0.1) is 0 Å². The van der Waals surface area contributed by atoms with Gasteiger partial charge in [-0.15, -0.1) is 12.4 Å². The Morgan fingerprint density at radius 3 is 1.35 bits per heavy atom. The minimum Gasteiger partial charge on any atom is -0.384 e. The molecule has 1 heterocycles. The minimum absolute atomic E-state index is 0. The van der Waals surface area contributed by atoms with Crippen LogP contribution in [0.15, 0.2) is 66.7 Å². The Labute approximate surface area is 184 Å². The van der Waals surface area contributed by atoms with Gasteiger partial charge in [0, 0.05) is 22.5 Å². The fraction of sp³-hybridized carbons (Fsp3) is 0. The molecule has 0 fully saturated rings. The summed E-state index contributed by atoms with van der Waals surface area (Å²) in [5.74, 6) is -1.09. The molecule has 3 aromatic rings. The van der Waals surface area contributed by atoms with Gasteiger partial charge < -0.3 is 22.1 Å². The molecule has 8 N–H and O–H groups in total. The van der Waals surface area contributed by atoms with E-state index < -0.39 is 11.8 Å². The highest BCUT2D eigenvalue weighted by atomic mass is 35.5. The van der Waals surface area contributed by atoms with E-state index in [-0.39, 0.29) is 35.5 Å². The number of pyridine rings is 1. The quantitative estimate of drug-likeness (QED) is 0.256. The minimum atomic E-state index is -0.481. The van der Waals surface area contributed by atoms with Crippen molar-refractivity contribution in [2.24, 2.45) is 11.5 Å². The summed E-state index contributed by atoms with van der Waals surface area (Å²) >= 11 is 0. The number of halogens is 1. The summed E-state index contributed by atoms with van der Waals surface area (Å²) in [6, 6.07) is 17.5. The van der Waals surface area contributed by atoms with Crippen LogP contribution in [-0.4, -0.2) is 28.5 Å². The average molecular weight is 438 g/mol. The molecule has 10 heteroatoms. The number of benzene rings is 2. The first-order valence-electron chi connectivity index (χ1n) is 8.82. The molecule has 0 atom stereocenters. The number of nitrogen functional groups attached to an aromatic ring is 2. The number of carbonyl (C=O) groups excluding carboxylic acids is 2. The Hall–Kier alpha value is -4.24. The summed E-state index contributed by atoms with van der Waals surface area (Å²) in [5.41, 5.74) is 13.1. The van der Waals surface area contributed by atoms with E-state index in [0.29, 0.717) is 22.5 Å². The number of anilines is 2. The Balaban J connectivity index is 0.00000341. The van der Waals surface area contributed by atoms with E-state index in [4.69, 9.17) is 22.3 Å². The van der Waals surface area contributed by atoms with Crippen LogP contribution in [-0.2, 0) is 0 Å². The maximum Gasteiger partial charge on any atom is 0.274 e. The predicted octanol–water partition coefficient (Wildman–Crippen LogP) is 2.58. The molecule has 2 aromatic carbocycles. The van der Waals surface area contributed by atoms with Crippen molar-refractivity contribution in [2.45, 2.75) is 0 Å². The number of carbonyl (C=O) groups is 2. The van der Waals surface area contributed by atoms with Crippen LogP contribution >= 0.6 is 12.4 Å². The third kappa shape index (κ3) is 5.87. The number of nitrogens with two attached hydrogens (primary N) is 2. The van der Waals surface area contributed by atoms with E-state index in [9.17, 15) is 9.59 Å². The summed E-state index contributed by atoms with van der Waals surface area (Å²) in [7, 11) is 0. The van der Waals surface area contributed by atoms with Gasteiger partial charge in [0.15, 0.2) is 0 Å². The smallest absolute Gasteiger partial charge is 0.274 e. The van der Waals surface area contributed by atoms with E-state index in [1.807, 2.05) is 0 Å². The fourth-order valence-electron chi connectivity index (χ4n) is 2.54. The van der Waals surface area contributed by atoms with Crippen molar-refractivity contribution in [3.63, 3.8) is 0 Å². The molecule has 0 aliphatic heterocycles. The molecular formula is C21H20ClN7O2. The Morgan fingerprint density at radius 1 is 0.677 bits per heavy atom. The Bertz CT molecular complexity index is 1040. The molecule has 0 aliphatic rings. The lowest BCUT2D eigenvalue weighted by molar-refractivity contribution is 0.101. The maximum atomic E-state index is 12.5. The molecule has 158 valence electrons. The molecule has 0 unspecified atom stereocenters. The standard InChI is InChI=1S/C21H19N7O2.ClH/c22-18(23)12-4-8-14(9-5-12)26-20(29)16-2-1-3-17(28-16)21(30)27-15-10-6-13(7-11-15)19(24)25;/h1-11H,(H3,22,23)(H3,24,25)(H,26,29)(H,27,30);1H. The van der Waals surface area contributed by atoms with Gasteiger partial charge in [-0.25, -0.2) is 4.98 Å². The Kier molecular flexibility index (Phi) is 7.43. The van der Waals surface area contributed by atoms with Crippen molar-refractivity contribution in [1.82, 2.24) is 4.98 Å². The van der Waals surface area contributed by atoms with Gasteiger partial charge in [-0.1, -0.05) is 6.07 Å². The van der Waals surface area contributed by atoms with Crippen LogP contribution in [0.5, 0.6) is 0 Å². The van der Waals surface area contributed by atoms with Crippen molar-refractivity contribution < 1.29 is 9.59 Å². The average Bonchev–Trinajstić information content (AvgIpc) is 2.74. The largest absolute Gasteiger partial charge is 0.384 e. The predicted molar refractivity (Wildman–Crippen MR) is 122 cm³/mol. The lowest BCUT2D eigenvalue weighted by atomic mass is 10.2. The highest BCUT2D eigenvalue weighted by molar-refractivity contribution is 6.06. The zero-order valence-electron chi connectivity index (χ0n) is 16.2. The highest BCUT2D eigenvalue weighted by Gasteiger charge is 2.13. The first kappa shape index (κ1) is 23.0. The molecule has 0 aliphatic carbocycles. The second-order valence-corrected chi connectivity index (χ2v) is 6.30. The van der Waals surface area contributed by atoms with Crippen LogP contribution in [0.25, 0.3) is 0 Å². The van der Waals surface area contributed by atoms with Gasteiger partial charge in [-0.2, -0.15) is 0 Å². The van der Waals surface area contributed by atoms with Gasteiger partial charge in [0.1, 0.15) is 23.1 Å². The number of amides is 2. The molecule has 3 rings (SSSR count). The summed E-state index contributed by atoms with van der Waals surface area (Å²) in [5, 5.41) is 20.1. The normalized spacial score (nSPS) is 9.81. The first-order chi connectivity index (χ1) is 14.3. The second-order valence-electron chi connectivity index (χ2n) is 6.30. The van der Waals surface area contributed by atoms with Gasteiger partial charge in [-0.3, -0.25) is 20.4 Å². The van der Waals surface area contributed by atoms with Gasteiger partial charge >= 0.3 is 0 Å². The summed E-state index contributed by atoms with van der Waals surface area (Å²) in [6.45, 7) is 0. The molecule has 0 bridgehead atoms. The molecule has 2 amide bonds. The fourth-order valence-corrected chi connectivity index (χ4v) is 2.54. The van der Waals surface area contributed by atoms with E-state index in [0.717, 1.165) is 0 Å². The summed E-state index contributed by atoms with van der Waals surface area (Å²) in [6.07, 6.45) is 0. The van der Waals surface area contributed by atoms with Crippen LogP contribution < -0.4 is 22.1 Å². The molecule has 9 nitrogen and oxygen atoms in total. The monoisotopic (exact) mass is 437 g/mol. The first-order valence-corrected chi connectivity index (χ1v) is 8.82. The molecule has 0 spiro atoms. The third-order valence-electron chi connectivity index (χ3n) is 4.12. The number of nitrogens with one attached hydrogen (secondary N) is 4. The number of hydrogen-bond acceptors (Lipinski definition) is 5. The zero-order valence-corrected chi connectivity index (χ0v) is 17.0. The van der Waals surface area contributed by atoms with Crippen LogP contribution in [0.2, 0.25) is 0 Å². The van der Waals surface area contributed by atoms with Crippen molar-refractivity contribution in [1.29, 1.82) is 10.8 Å². The van der Waals surface area contributed by atoms with Crippen LogP contribution in [0, 0.1) is 10.8 Å². The van der Waals surface area contributed by atoms with E-state index in [2.05, 4.69) is 15.6 Å².